The number of imide groups is 1. The normalized spacial score (nSPS) is 15.1. The molecule has 0 aromatic heterocycles. The molecule has 0 radical (unpaired) electrons. The molecule has 17 heavy (non-hydrogen) atoms. The van der Waals surface area contributed by atoms with Crippen molar-refractivity contribution in [1.29, 1.82) is 0 Å². The van der Waals surface area contributed by atoms with Gasteiger partial charge >= 0.3 is 0 Å². The van der Waals surface area contributed by atoms with Crippen molar-refractivity contribution < 1.29 is 14.3 Å². The Bertz CT molecular complexity index is 442. The van der Waals surface area contributed by atoms with Gasteiger partial charge in [-0.15, -0.1) is 0 Å². The van der Waals surface area contributed by atoms with E-state index in [-0.39, 0.29) is 18.4 Å². The lowest BCUT2D eigenvalue weighted by molar-refractivity contribution is -0.143. The summed E-state index contributed by atoms with van der Waals surface area (Å²) in [7, 11) is 0. The number of ether oxygens (including phenoxy) is 1. The minimum absolute atomic E-state index is 0.0728. The van der Waals surface area contributed by atoms with Crippen molar-refractivity contribution in [2.45, 2.75) is 19.8 Å². The van der Waals surface area contributed by atoms with Crippen LogP contribution in [0.5, 0.6) is 5.75 Å². The number of para-hydroxylation sites is 1. The van der Waals surface area contributed by atoms with Gasteiger partial charge in [-0.1, -0.05) is 18.2 Å². The molecule has 0 N–H and O–H groups in total. The monoisotopic (exact) mass is 233 g/mol. The Morgan fingerprint density at radius 3 is 2.82 bits per heavy atom. The summed E-state index contributed by atoms with van der Waals surface area (Å²) in [6.45, 7) is 2.37. The molecular weight excluding hydrogens is 218 g/mol. The average Bonchev–Trinajstić information content (AvgIpc) is 2.74. The first-order valence-corrected chi connectivity index (χ1v) is 5.70. The fourth-order valence-electron chi connectivity index (χ4n) is 1.85. The van der Waals surface area contributed by atoms with Crippen LogP contribution in [0.15, 0.2) is 24.3 Å². The Kier molecular flexibility index (Phi) is 3.42. The van der Waals surface area contributed by atoms with Crippen molar-refractivity contribution in [3.8, 4) is 5.75 Å². The van der Waals surface area contributed by atoms with Crippen molar-refractivity contribution in [2.75, 3.05) is 13.2 Å². The molecule has 1 aliphatic rings. The molecule has 0 saturated carbocycles. The van der Waals surface area contributed by atoms with Crippen molar-refractivity contribution in [2.24, 2.45) is 0 Å². The number of likely N-dealkylation sites (tertiary alicyclic amines) is 1. The number of carbonyl (C=O) groups is 2. The summed E-state index contributed by atoms with van der Waals surface area (Å²) >= 11 is 0. The lowest BCUT2D eigenvalue weighted by Crippen LogP contribution is -2.35. The molecule has 4 heteroatoms. The molecule has 0 unspecified atom stereocenters. The zero-order valence-corrected chi connectivity index (χ0v) is 9.81. The van der Waals surface area contributed by atoms with Crippen LogP contribution in [0.25, 0.3) is 0 Å². The molecule has 1 aliphatic heterocycles. The van der Waals surface area contributed by atoms with Crippen molar-refractivity contribution >= 4 is 11.8 Å². The summed E-state index contributed by atoms with van der Waals surface area (Å²) in [4.78, 5) is 24.3. The van der Waals surface area contributed by atoms with Gasteiger partial charge in [0.05, 0.1) is 0 Å². The van der Waals surface area contributed by atoms with Crippen LogP contribution in [0.1, 0.15) is 18.4 Å². The van der Waals surface area contributed by atoms with Crippen molar-refractivity contribution in [3.63, 3.8) is 0 Å². The first-order valence-electron chi connectivity index (χ1n) is 5.70. The topological polar surface area (TPSA) is 46.6 Å². The molecule has 0 spiro atoms. The quantitative estimate of drug-likeness (QED) is 0.795. The van der Waals surface area contributed by atoms with Gasteiger partial charge < -0.3 is 4.74 Å². The first kappa shape index (κ1) is 11.6. The molecule has 90 valence electrons. The van der Waals surface area contributed by atoms with Crippen LogP contribution in [0.4, 0.5) is 0 Å². The van der Waals surface area contributed by atoms with Crippen LogP contribution < -0.4 is 4.74 Å². The number of hydrogen-bond donors (Lipinski definition) is 0. The number of benzene rings is 1. The van der Waals surface area contributed by atoms with Crippen LogP contribution in [0.3, 0.4) is 0 Å². The second-order valence-electron chi connectivity index (χ2n) is 4.10. The number of nitrogens with zero attached hydrogens (tertiary/aromatic N) is 1. The third-order valence-corrected chi connectivity index (χ3v) is 2.82. The highest BCUT2D eigenvalue weighted by Crippen LogP contribution is 2.17. The van der Waals surface area contributed by atoms with Crippen molar-refractivity contribution in [3.05, 3.63) is 29.8 Å². The minimum Gasteiger partial charge on any atom is -0.483 e. The Hall–Kier alpha value is -1.84. The highest BCUT2D eigenvalue weighted by atomic mass is 16.5. The lowest BCUT2D eigenvalue weighted by atomic mass is 10.2. The van der Waals surface area contributed by atoms with E-state index in [9.17, 15) is 9.59 Å². The van der Waals surface area contributed by atoms with Gasteiger partial charge in [0, 0.05) is 13.0 Å². The molecule has 1 aromatic rings. The lowest BCUT2D eigenvalue weighted by Gasteiger charge is -2.14. The molecular formula is C13H15NO3. The molecule has 1 aromatic carbocycles. The van der Waals surface area contributed by atoms with E-state index in [2.05, 4.69) is 0 Å². The summed E-state index contributed by atoms with van der Waals surface area (Å²) in [6.07, 6.45) is 1.23. The maximum atomic E-state index is 11.7. The van der Waals surface area contributed by atoms with Crippen molar-refractivity contribution in [1.82, 2.24) is 4.90 Å². The summed E-state index contributed by atoms with van der Waals surface area (Å²) in [5.41, 5.74) is 0.980. The summed E-state index contributed by atoms with van der Waals surface area (Å²) < 4.78 is 5.42. The van der Waals surface area contributed by atoms with E-state index in [4.69, 9.17) is 4.74 Å². The second-order valence-corrected chi connectivity index (χ2v) is 4.10. The molecule has 0 aliphatic carbocycles. The highest BCUT2D eigenvalue weighted by molar-refractivity contribution is 5.97. The maximum absolute atomic E-state index is 11.7. The van der Waals surface area contributed by atoms with Gasteiger partial charge in [-0.2, -0.15) is 0 Å². The van der Waals surface area contributed by atoms with E-state index in [1.807, 2.05) is 31.2 Å². The fourth-order valence-corrected chi connectivity index (χ4v) is 1.85. The van der Waals surface area contributed by atoms with E-state index in [1.54, 1.807) is 0 Å². The zero-order chi connectivity index (χ0) is 12.3. The van der Waals surface area contributed by atoms with Gasteiger partial charge in [-0.25, -0.2) is 0 Å². The van der Waals surface area contributed by atoms with Crippen LogP contribution in [0.2, 0.25) is 0 Å². The van der Waals surface area contributed by atoms with Gasteiger partial charge in [0.25, 0.3) is 5.91 Å². The molecule has 4 nitrogen and oxygen atoms in total. The van der Waals surface area contributed by atoms with Crippen LogP contribution in [-0.4, -0.2) is 29.9 Å². The van der Waals surface area contributed by atoms with Gasteiger partial charge in [-0.3, -0.25) is 14.5 Å². The zero-order valence-electron chi connectivity index (χ0n) is 9.81. The number of amides is 2. The Morgan fingerprint density at radius 1 is 1.41 bits per heavy atom. The smallest absolute Gasteiger partial charge is 0.267 e. The molecule has 1 saturated heterocycles. The highest BCUT2D eigenvalue weighted by Gasteiger charge is 2.26. The fraction of sp³-hybridized carbons (Fsp3) is 0.385. The van der Waals surface area contributed by atoms with Crippen LogP contribution in [0, 0.1) is 6.92 Å². The summed E-state index contributed by atoms with van der Waals surface area (Å²) in [5, 5.41) is 0. The van der Waals surface area contributed by atoms with Crippen LogP contribution >= 0.6 is 0 Å². The van der Waals surface area contributed by atoms with Gasteiger partial charge in [-0.05, 0) is 25.0 Å². The first-order chi connectivity index (χ1) is 8.18. The maximum Gasteiger partial charge on any atom is 0.267 e. The van der Waals surface area contributed by atoms with E-state index < -0.39 is 0 Å². The Labute approximate surface area is 100 Å². The molecule has 2 rings (SSSR count). The number of aryl methyl sites for hydroxylation is 1. The summed E-state index contributed by atoms with van der Waals surface area (Å²) in [6, 6.07) is 7.50. The standard InChI is InChI=1S/C13H15NO3/c1-10-5-2-3-6-11(10)17-9-13(16)14-8-4-7-12(14)15/h2-3,5-6H,4,7-9H2,1H3. The molecule has 2 amide bonds. The molecule has 0 atom stereocenters. The Balaban J connectivity index is 1.92. The van der Waals surface area contributed by atoms with E-state index >= 15 is 0 Å². The van der Waals surface area contributed by atoms with Gasteiger partial charge in [0.2, 0.25) is 5.91 Å². The van der Waals surface area contributed by atoms with Gasteiger partial charge in [0.1, 0.15) is 5.75 Å². The molecule has 0 bridgehead atoms. The SMILES string of the molecule is Cc1ccccc1OCC(=O)N1CCCC1=O. The molecule has 1 heterocycles. The second kappa shape index (κ2) is 4.99. The largest absolute Gasteiger partial charge is 0.483 e. The van der Waals surface area contributed by atoms with Gasteiger partial charge in [0.15, 0.2) is 6.61 Å². The third kappa shape index (κ3) is 2.64. The molecule has 1 fully saturated rings. The van der Waals surface area contributed by atoms with E-state index in [0.717, 1.165) is 12.0 Å². The number of hydrogen-bond acceptors (Lipinski definition) is 3. The van der Waals surface area contributed by atoms with E-state index in [1.165, 1.54) is 4.90 Å². The van der Waals surface area contributed by atoms with E-state index in [0.29, 0.717) is 18.7 Å². The number of rotatable bonds is 3. The Morgan fingerprint density at radius 2 is 2.18 bits per heavy atom. The number of carbonyl (C=O) groups excluding carboxylic acids is 2. The van der Waals surface area contributed by atoms with Crippen LogP contribution in [-0.2, 0) is 9.59 Å². The minimum atomic E-state index is -0.254. The average molecular weight is 233 g/mol. The third-order valence-electron chi connectivity index (χ3n) is 2.82. The predicted molar refractivity (Wildman–Crippen MR) is 62.6 cm³/mol. The predicted octanol–water partition coefficient (Wildman–Crippen LogP) is 1.52. The summed E-state index contributed by atoms with van der Waals surface area (Å²) in [5.74, 6) is 0.339.